The molecule has 2 N–H and O–H groups in total. The number of benzene rings is 1. The number of carbonyl (C=O) groups is 1. The molecule has 7 heteroatoms. The van der Waals surface area contributed by atoms with E-state index in [0.717, 1.165) is 5.56 Å². The molecule has 7 nitrogen and oxygen atoms in total. The van der Waals surface area contributed by atoms with Gasteiger partial charge in [-0.25, -0.2) is 0 Å². The number of aromatic nitrogens is 1. The summed E-state index contributed by atoms with van der Waals surface area (Å²) >= 11 is 0. The Morgan fingerprint density at radius 1 is 1.30 bits per heavy atom. The highest BCUT2D eigenvalue weighted by molar-refractivity contribution is 5.96. The lowest BCUT2D eigenvalue weighted by Gasteiger charge is -2.07. The van der Waals surface area contributed by atoms with Crippen molar-refractivity contribution in [3.8, 4) is 5.75 Å². The number of amides is 1. The average molecular weight is 273 g/mol. The van der Waals surface area contributed by atoms with Gasteiger partial charge in [0.1, 0.15) is 5.75 Å². The number of nitrogens with one attached hydrogen (secondary N) is 1. The summed E-state index contributed by atoms with van der Waals surface area (Å²) in [6.45, 7) is 0. The van der Waals surface area contributed by atoms with Gasteiger partial charge in [-0.05, 0) is 23.8 Å². The normalized spacial score (nSPS) is 10.0. The molecule has 0 spiro atoms. The standard InChI is InChI=1S/C13H11N3O4/c17-11-3-1-2-10(16(19)20)13(11)15-12(18)8-9-4-6-14-7-5-9/h1-7,17H,8H2,(H,15,18). The molecule has 0 bridgehead atoms. The van der Waals surface area contributed by atoms with E-state index in [0.29, 0.717) is 0 Å². The molecule has 20 heavy (non-hydrogen) atoms. The largest absolute Gasteiger partial charge is 0.505 e. The molecule has 1 aromatic heterocycles. The fourth-order valence-corrected chi connectivity index (χ4v) is 1.68. The van der Waals surface area contributed by atoms with Gasteiger partial charge in [0.15, 0.2) is 5.69 Å². The quantitative estimate of drug-likeness (QED) is 0.502. The molecule has 1 heterocycles. The maximum absolute atomic E-state index is 11.8. The first-order chi connectivity index (χ1) is 9.58. The van der Waals surface area contributed by atoms with E-state index < -0.39 is 10.8 Å². The van der Waals surface area contributed by atoms with Gasteiger partial charge in [-0.1, -0.05) is 6.07 Å². The minimum absolute atomic E-state index is 0.0357. The predicted molar refractivity (Wildman–Crippen MR) is 71.3 cm³/mol. The lowest BCUT2D eigenvalue weighted by Crippen LogP contribution is -2.15. The van der Waals surface area contributed by atoms with Crippen LogP contribution in [0.25, 0.3) is 0 Å². The number of rotatable bonds is 4. The number of anilines is 1. The minimum Gasteiger partial charge on any atom is -0.505 e. The SMILES string of the molecule is O=C(Cc1ccncc1)Nc1c(O)cccc1[N+](=O)[O-]. The maximum atomic E-state index is 11.8. The van der Waals surface area contributed by atoms with E-state index >= 15 is 0 Å². The van der Waals surface area contributed by atoms with Crippen LogP contribution in [0.3, 0.4) is 0 Å². The molecule has 1 amide bonds. The second-order valence-corrected chi connectivity index (χ2v) is 4.01. The van der Waals surface area contributed by atoms with E-state index in [1.54, 1.807) is 24.5 Å². The van der Waals surface area contributed by atoms with E-state index in [1.165, 1.54) is 18.2 Å². The summed E-state index contributed by atoms with van der Waals surface area (Å²) in [5.41, 5.74) is 0.167. The fourth-order valence-electron chi connectivity index (χ4n) is 1.68. The first-order valence-electron chi connectivity index (χ1n) is 5.73. The van der Waals surface area contributed by atoms with Gasteiger partial charge in [-0.3, -0.25) is 19.9 Å². The van der Waals surface area contributed by atoms with Crippen molar-refractivity contribution in [3.63, 3.8) is 0 Å². The Balaban J connectivity index is 2.18. The molecule has 0 atom stereocenters. The first kappa shape index (κ1) is 13.5. The molecular formula is C13H11N3O4. The topological polar surface area (TPSA) is 105 Å². The molecule has 0 aliphatic heterocycles. The van der Waals surface area contributed by atoms with Crippen LogP contribution in [-0.2, 0) is 11.2 Å². The second kappa shape index (κ2) is 5.79. The number of nitro groups is 1. The van der Waals surface area contributed by atoms with Crippen molar-refractivity contribution in [2.75, 3.05) is 5.32 Å². The monoisotopic (exact) mass is 273 g/mol. The molecule has 0 saturated carbocycles. The van der Waals surface area contributed by atoms with Crippen molar-refractivity contribution in [1.82, 2.24) is 4.98 Å². The molecular weight excluding hydrogens is 262 g/mol. The van der Waals surface area contributed by atoms with Crippen molar-refractivity contribution < 1.29 is 14.8 Å². The Bertz CT molecular complexity index is 643. The summed E-state index contributed by atoms with van der Waals surface area (Å²) in [4.78, 5) is 25.9. The van der Waals surface area contributed by atoms with E-state index in [4.69, 9.17) is 0 Å². The Hall–Kier alpha value is -2.96. The van der Waals surface area contributed by atoms with Crippen LogP contribution in [0.2, 0.25) is 0 Å². The molecule has 2 rings (SSSR count). The van der Waals surface area contributed by atoms with Crippen molar-refractivity contribution in [3.05, 3.63) is 58.4 Å². The molecule has 102 valence electrons. The van der Waals surface area contributed by atoms with Gasteiger partial charge in [0.25, 0.3) is 5.69 Å². The van der Waals surface area contributed by atoms with Gasteiger partial charge in [0, 0.05) is 18.5 Å². The predicted octanol–water partition coefficient (Wildman–Crippen LogP) is 1.88. The Kier molecular flexibility index (Phi) is 3.90. The molecule has 0 unspecified atom stereocenters. The summed E-state index contributed by atoms with van der Waals surface area (Å²) in [7, 11) is 0. The minimum atomic E-state index is -0.665. The number of phenolic OH excluding ortho intramolecular Hbond substituents is 1. The van der Waals surface area contributed by atoms with E-state index in [9.17, 15) is 20.0 Å². The number of hydrogen-bond acceptors (Lipinski definition) is 5. The first-order valence-corrected chi connectivity index (χ1v) is 5.73. The van der Waals surface area contributed by atoms with Crippen LogP contribution in [0.4, 0.5) is 11.4 Å². The Morgan fingerprint density at radius 3 is 2.65 bits per heavy atom. The molecule has 0 radical (unpaired) electrons. The van der Waals surface area contributed by atoms with Gasteiger partial charge in [-0.2, -0.15) is 0 Å². The van der Waals surface area contributed by atoms with Crippen LogP contribution in [-0.4, -0.2) is 20.9 Å². The highest BCUT2D eigenvalue weighted by atomic mass is 16.6. The number of carbonyl (C=O) groups excluding carboxylic acids is 1. The number of hydrogen-bond donors (Lipinski definition) is 2. The summed E-state index contributed by atoms with van der Waals surface area (Å²) in [5, 5.41) is 22.8. The van der Waals surface area contributed by atoms with E-state index in [2.05, 4.69) is 10.3 Å². The summed E-state index contributed by atoms with van der Waals surface area (Å²) in [6, 6.07) is 7.15. The molecule has 1 aromatic carbocycles. The summed E-state index contributed by atoms with van der Waals surface area (Å²) in [5.74, 6) is -0.803. The Labute approximate surface area is 114 Å². The number of aromatic hydroxyl groups is 1. The summed E-state index contributed by atoms with van der Waals surface area (Å²) < 4.78 is 0. The molecule has 0 aliphatic rings. The van der Waals surface area contributed by atoms with Crippen LogP contribution in [0.5, 0.6) is 5.75 Å². The van der Waals surface area contributed by atoms with E-state index in [1.807, 2.05) is 0 Å². The van der Waals surface area contributed by atoms with Crippen molar-refractivity contribution >= 4 is 17.3 Å². The molecule has 0 saturated heterocycles. The van der Waals surface area contributed by atoms with Crippen molar-refractivity contribution in [1.29, 1.82) is 0 Å². The van der Waals surface area contributed by atoms with Crippen molar-refractivity contribution in [2.45, 2.75) is 6.42 Å². The lowest BCUT2D eigenvalue weighted by atomic mass is 10.2. The number of nitro benzene ring substituents is 1. The highest BCUT2D eigenvalue weighted by Crippen LogP contribution is 2.33. The van der Waals surface area contributed by atoms with Crippen LogP contribution in [0, 0.1) is 10.1 Å². The van der Waals surface area contributed by atoms with Crippen LogP contribution in [0.15, 0.2) is 42.7 Å². The van der Waals surface area contributed by atoms with E-state index in [-0.39, 0.29) is 23.5 Å². The summed E-state index contributed by atoms with van der Waals surface area (Å²) in [6.07, 6.45) is 3.13. The van der Waals surface area contributed by atoms with Gasteiger partial charge in [-0.15, -0.1) is 0 Å². The van der Waals surface area contributed by atoms with Crippen LogP contribution in [0.1, 0.15) is 5.56 Å². The van der Waals surface area contributed by atoms with Gasteiger partial charge < -0.3 is 10.4 Å². The molecule has 2 aromatic rings. The maximum Gasteiger partial charge on any atom is 0.296 e. The number of pyridine rings is 1. The zero-order valence-corrected chi connectivity index (χ0v) is 10.3. The van der Waals surface area contributed by atoms with Crippen molar-refractivity contribution in [2.24, 2.45) is 0 Å². The number of para-hydroxylation sites is 1. The third kappa shape index (κ3) is 3.08. The van der Waals surface area contributed by atoms with Gasteiger partial charge in [0.2, 0.25) is 5.91 Å². The number of nitrogens with zero attached hydrogens (tertiary/aromatic N) is 2. The zero-order valence-electron chi connectivity index (χ0n) is 10.3. The second-order valence-electron chi connectivity index (χ2n) is 4.01. The highest BCUT2D eigenvalue weighted by Gasteiger charge is 2.19. The van der Waals surface area contributed by atoms with Crippen LogP contribution >= 0.6 is 0 Å². The zero-order chi connectivity index (χ0) is 14.5. The number of phenols is 1. The third-order valence-corrected chi connectivity index (χ3v) is 2.60. The average Bonchev–Trinajstić information content (AvgIpc) is 2.42. The lowest BCUT2D eigenvalue weighted by molar-refractivity contribution is -0.384. The molecule has 0 fully saturated rings. The van der Waals surface area contributed by atoms with Gasteiger partial charge in [0.05, 0.1) is 11.3 Å². The smallest absolute Gasteiger partial charge is 0.296 e. The fraction of sp³-hybridized carbons (Fsp3) is 0.0769. The third-order valence-electron chi connectivity index (χ3n) is 2.60. The van der Waals surface area contributed by atoms with Gasteiger partial charge >= 0.3 is 0 Å². The molecule has 0 aliphatic carbocycles. The Morgan fingerprint density at radius 2 is 2.00 bits per heavy atom. The van der Waals surface area contributed by atoms with Crippen LogP contribution < -0.4 is 5.32 Å².